The van der Waals surface area contributed by atoms with Gasteiger partial charge in [-0.15, -0.1) is 0 Å². The molecule has 0 aliphatic carbocycles. The van der Waals surface area contributed by atoms with Crippen LogP contribution in [0.15, 0.2) is 36.4 Å². The molecule has 6 heteroatoms. The Labute approximate surface area is 126 Å². The monoisotopic (exact) mass is 310 g/mol. The Balaban J connectivity index is 2.17. The minimum atomic E-state index is -0.423. The van der Waals surface area contributed by atoms with Gasteiger partial charge in [0.15, 0.2) is 0 Å². The number of hydrogen-bond acceptors (Lipinski definition) is 3. The van der Waals surface area contributed by atoms with E-state index in [0.717, 1.165) is 5.56 Å². The Bertz CT molecular complexity index is 647. The number of halogens is 2. The molecule has 2 aromatic rings. The minimum Gasteiger partial charge on any atom is -0.508 e. The number of phenolic OH excluding ortho intramolecular Hbond substituents is 1. The second-order valence-electron chi connectivity index (χ2n) is 4.25. The Morgan fingerprint density at radius 2 is 2.05 bits per heavy atom. The standard InChI is InChI=1S/C14H12Cl2N2O2/c1-8(9-3-2-4-10(19)7-9)17-14(20)13-11(15)5-6-12(16)18-13/h2-8,19H,1H3,(H,17,20). The molecule has 1 amide bonds. The first-order chi connectivity index (χ1) is 9.47. The topological polar surface area (TPSA) is 62.2 Å². The number of pyridine rings is 1. The fourth-order valence-corrected chi connectivity index (χ4v) is 2.06. The van der Waals surface area contributed by atoms with E-state index in [1.54, 1.807) is 31.2 Å². The summed E-state index contributed by atoms with van der Waals surface area (Å²) in [6.07, 6.45) is 0. The summed E-state index contributed by atoms with van der Waals surface area (Å²) in [6.45, 7) is 1.80. The van der Waals surface area contributed by atoms with E-state index in [-0.39, 0.29) is 27.7 Å². The number of carbonyl (C=O) groups excluding carboxylic acids is 1. The fraction of sp³-hybridized carbons (Fsp3) is 0.143. The summed E-state index contributed by atoms with van der Waals surface area (Å²) in [5, 5.41) is 12.6. The van der Waals surface area contributed by atoms with Crippen molar-refractivity contribution in [2.75, 3.05) is 0 Å². The molecule has 104 valence electrons. The van der Waals surface area contributed by atoms with Crippen LogP contribution in [0.3, 0.4) is 0 Å². The van der Waals surface area contributed by atoms with E-state index in [4.69, 9.17) is 23.2 Å². The quantitative estimate of drug-likeness (QED) is 0.852. The molecule has 20 heavy (non-hydrogen) atoms. The highest BCUT2D eigenvalue weighted by molar-refractivity contribution is 6.34. The van der Waals surface area contributed by atoms with Gasteiger partial charge in [-0.1, -0.05) is 35.3 Å². The third kappa shape index (κ3) is 3.40. The van der Waals surface area contributed by atoms with Gasteiger partial charge in [0, 0.05) is 0 Å². The van der Waals surface area contributed by atoms with Crippen molar-refractivity contribution in [1.82, 2.24) is 10.3 Å². The van der Waals surface area contributed by atoms with Crippen molar-refractivity contribution in [2.24, 2.45) is 0 Å². The first kappa shape index (κ1) is 14.6. The van der Waals surface area contributed by atoms with Gasteiger partial charge in [0.25, 0.3) is 5.91 Å². The average Bonchev–Trinajstić information content (AvgIpc) is 2.41. The Kier molecular flexibility index (Phi) is 4.47. The molecule has 4 nitrogen and oxygen atoms in total. The summed E-state index contributed by atoms with van der Waals surface area (Å²) in [4.78, 5) is 16.0. The smallest absolute Gasteiger partial charge is 0.271 e. The molecule has 0 spiro atoms. The Morgan fingerprint density at radius 1 is 1.30 bits per heavy atom. The molecule has 0 radical (unpaired) electrons. The summed E-state index contributed by atoms with van der Waals surface area (Å²) in [5.74, 6) is -0.282. The zero-order chi connectivity index (χ0) is 14.7. The van der Waals surface area contributed by atoms with Crippen LogP contribution in [0.1, 0.15) is 29.0 Å². The number of amides is 1. The summed E-state index contributed by atoms with van der Waals surface area (Å²) in [5.41, 5.74) is 0.850. The SMILES string of the molecule is CC(NC(=O)c1nc(Cl)ccc1Cl)c1cccc(O)c1. The lowest BCUT2D eigenvalue weighted by Crippen LogP contribution is -2.27. The molecule has 1 aromatic carbocycles. The van der Waals surface area contributed by atoms with Crippen molar-refractivity contribution in [3.63, 3.8) is 0 Å². The van der Waals surface area contributed by atoms with Gasteiger partial charge in [0.2, 0.25) is 0 Å². The zero-order valence-corrected chi connectivity index (χ0v) is 12.1. The number of hydrogen-bond donors (Lipinski definition) is 2. The van der Waals surface area contributed by atoms with Crippen molar-refractivity contribution in [1.29, 1.82) is 0 Å². The molecule has 1 atom stereocenters. The number of carbonyl (C=O) groups is 1. The van der Waals surface area contributed by atoms with Crippen LogP contribution in [-0.4, -0.2) is 16.0 Å². The summed E-state index contributed by atoms with van der Waals surface area (Å²) >= 11 is 11.7. The third-order valence-corrected chi connectivity index (χ3v) is 3.26. The van der Waals surface area contributed by atoms with Gasteiger partial charge in [-0.2, -0.15) is 0 Å². The maximum absolute atomic E-state index is 12.1. The molecule has 2 N–H and O–H groups in total. The third-order valence-electron chi connectivity index (χ3n) is 2.74. The first-order valence-electron chi connectivity index (χ1n) is 5.89. The number of aromatic hydroxyl groups is 1. The second kappa shape index (κ2) is 6.11. The molecule has 1 heterocycles. The van der Waals surface area contributed by atoms with Crippen molar-refractivity contribution in [3.05, 3.63) is 57.8 Å². The van der Waals surface area contributed by atoms with E-state index >= 15 is 0 Å². The van der Waals surface area contributed by atoms with Crippen LogP contribution >= 0.6 is 23.2 Å². The number of rotatable bonds is 3. The van der Waals surface area contributed by atoms with Crippen molar-refractivity contribution < 1.29 is 9.90 Å². The molecule has 0 saturated heterocycles. The molecule has 1 aromatic heterocycles. The molecule has 1 unspecified atom stereocenters. The van der Waals surface area contributed by atoms with Gasteiger partial charge in [-0.3, -0.25) is 4.79 Å². The van der Waals surface area contributed by atoms with Gasteiger partial charge >= 0.3 is 0 Å². The molecule has 0 bridgehead atoms. The Morgan fingerprint density at radius 3 is 2.75 bits per heavy atom. The highest BCUT2D eigenvalue weighted by Gasteiger charge is 2.16. The first-order valence-corrected chi connectivity index (χ1v) is 6.65. The number of nitrogens with zero attached hydrogens (tertiary/aromatic N) is 1. The van der Waals surface area contributed by atoms with Crippen LogP contribution in [0.2, 0.25) is 10.2 Å². The summed E-state index contributed by atoms with van der Waals surface area (Å²) < 4.78 is 0. The van der Waals surface area contributed by atoms with Gasteiger partial charge in [-0.25, -0.2) is 4.98 Å². The van der Waals surface area contributed by atoms with Crippen LogP contribution in [0.5, 0.6) is 5.75 Å². The van der Waals surface area contributed by atoms with E-state index < -0.39 is 5.91 Å². The van der Waals surface area contributed by atoms with Crippen molar-refractivity contribution >= 4 is 29.1 Å². The number of nitrogens with one attached hydrogen (secondary N) is 1. The molecule has 0 saturated carbocycles. The normalized spacial score (nSPS) is 11.9. The van der Waals surface area contributed by atoms with E-state index in [1.165, 1.54) is 12.1 Å². The van der Waals surface area contributed by atoms with E-state index in [1.807, 2.05) is 0 Å². The van der Waals surface area contributed by atoms with E-state index in [0.29, 0.717) is 0 Å². The van der Waals surface area contributed by atoms with Gasteiger partial charge < -0.3 is 10.4 Å². The van der Waals surface area contributed by atoms with Crippen LogP contribution in [0.25, 0.3) is 0 Å². The molecule has 2 rings (SSSR count). The van der Waals surface area contributed by atoms with Gasteiger partial charge in [-0.05, 0) is 36.8 Å². The average molecular weight is 311 g/mol. The van der Waals surface area contributed by atoms with Gasteiger partial charge in [0.05, 0.1) is 11.1 Å². The predicted molar refractivity (Wildman–Crippen MR) is 78.2 cm³/mol. The molecular weight excluding hydrogens is 299 g/mol. The minimum absolute atomic E-state index is 0.0752. The maximum atomic E-state index is 12.1. The van der Waals surface area contributed by atoms with Crippen molar-refractivity contribution in [2.45, 2.75) is 13.0 Å². The Hall–Kier alpha value is -1.78. The summed E-state index contributed by atoms with van der Waals surface area (Å²) in [6, 6.07) is 9.39. The van der Waals surface area contributed by atoms with Crippen LogP contribution in [0, 0.1) is 0 Å². The number of benzene rings is 1. The molecule has 0 aliphatic rings. The second-order valence-corrected chi connectivity index (χ2v) is 5.05. The zero-order valence-electron chi connectivity index (χ0n) is 10.6. The number of aromatic nitrogens is 1. The highest BCUT2D eigenvalue weighted by Crippen LogP contribution is 2.20. The highest BCUT2D eigenvalue weighted by atomic mass is 35.5. The van der Waals surface area contributed by atoms with Crippen LogP contribution < -0.4 is 5.32 Å². The molecule has 0 fully saturated rings. The number of phenols is 1. The largest absolute Gasteiger partial charge is 0.508 e. The van der Waals surface area contributed by atoms with E-state index in [2.05, 4.69) is 10.3 Å². The molecular formula is C14H12Cl2N2O2. The lowest BCUT2D eigenvalue weighted by molar-refractivity contribution is 0.0935. The predicted octanol–water partition coefficient (Wildman–Crippen LogP) is 3.59. The van der Waals surface area contributed by atoms with Crippen molar-refractivity contribution in [3.8, 4) is 5.75 Å². The fourth-order valence-electron chi connectivity index (χ4n) is 1.72. The summed E-state index contributed by atoms with van der Waals surface area (Å²) in [7, 11) is 0. The lowest BCUT2D eigenvalue weighted by Gasteiger charge is -2.14. The molecule has 0 aliphatic heterocycles. The van der Waals surface area contributed by atoms with E-state index in [9.17, 15) is 9.90 Å². The lowest BCUT2D eigenvalue weighted by atomic mass is 10.1. The van der Waals surface area contributed by atoms with Crippen LogP contribution in [-0.2, 0) is 0 Å². The van der Waals surface area contributed by atoms with Crippen LogP contribution in [0.4, 0.5) is 0 Å². The maximum Gasteiger partial charge on any atom is 0.271 e. The van der Waals surface area contributed by atoms with Gasteiger partial charge in [0.1, 0.15) is 16.6 Å².